The van der Waals surface area contributed by atoms with Crippen molar-refractivity contribution in [1.29, 1.82) is 0 Å². The quantitative estimate of drug-likeness (QED) is 0.853. The van der Waals surface area contributed by atoms with Gasteiger partial charge >= 0.3 is 0 Å². The molecule has 2 N–H and O–H groups in total. The second kappa shape index (κ2) is 6.53. The van der Waals surface area contributed by atoms with Gasteiger partial charge in [-0.2, -0.15) is 0 Å². The fraction of sp³-hybridized carbons (Fsp3) is 0.647. The second-order valence-corrected chi connectivity index (χ2v) is 6.57. The maximum Gasteiger partial charge on any atom is 0.0543 e. The molecule has 1 aromatic carbocycles. The summed E-state index contributed by atoms with van der Waals surface area (Å²) in [5.41, 5.74) is 1.54. The van der Waals surface area contributed by atoms with E-state index in [1.807, 2.05) is 0 Å². The van der Waals surface area contributed by atoms with Crippen LogP contribution in [0.3, 0.4) is 0 Å². The van der Waals surface area contributed by atoms with E-state index in [1.165, 1.54) is 18.4 Å². The molecule has 106 valence electrons. The van der Waals surface area contributed by atoms with E-state index in [1.54, 1.807) is 0 Å². The molecular formula is C17H27NO. The summed E-state index contributed by atoms with van der Waals surface area (Å²) in [7, 11) is 0. The van der Waals surface area contributed by atoms with Crippen LogP contribution in [0.1, 0.15) is 45.1 Å². The van der Waals surface area contributed by atoms with Crippen LogP contribution >= 0.6 is 0 Å². The molecule has 1 aliphatic rings. The number of benzene rings is 1. The van der Waals surface area contributed by atoms with Gasteiger partial charge in [-0.15, -0.1) is 0 Å². The van der Waals surface area contributed by atoms with E-state index in [2.05, 4.69) is 49.5 Å². The van der Waals surface area contributed by atoms with Crippen molar-refractivity contribution in [2.24, 2.45) is 5.92 Å². The molecule has 0 spiro atoms. The normalized spacial score (nSPS) is 24.4. The van der Waals surface area contributed by atoms with E-state index >= 15 is 0 Å². The van der Waals surface area contributed by atoms with Gasteiger partial charge in [0, 0.05) is 12.0 Å². The van der Waals surface area contributed by atoms with Crippen molar-refractivity contribution in [2.45, 2.75) is 51.0 Å². The summed E-state index contributed by atoms with van der Waals surface area (Å²) in [5.74, 6) is 0.648. The van der Waals surface area contributed by atoms with Crippen LogP contribution in [0, 0.1) is 5.92 Å². The predicted molar refractivity (Wildman–Crippen MR) is 80.3 cm³/mol. The van der Waals surface area contributed by atoms with Gasteiger partial charge in [-0.25, -0.2) is 0 Å². The molecule has 1 aromatic rings. The predicted octanol–water partition coefficient (Wildman–Crippen LogP) is 3.10. The Hall–Kier alpha value is -0.860. The molecule has 0 amide bonds. The zero-order valence-electron chi connectivity index (χ0n) is 12.2. The third-order valence-corrected chi connectivity index (χ3v) is 4.31. The van der Waals surface area contributed by atoms with Crippen LogP contribution in [-0.4, -0.2) is 24.3 Å². The minimum absolute atomic E-state index is 0.0670. The van der Waals surface area contributed by atoms with Gasteiger partial charge in [0.2, 0.25) is 0 Å². The molecule has 2 rings (SSSR count). The van der Waals surface area contributed by atoms with Crippen LogP contribution in [0.4, 0.5) is 0 Å². The zero-order chi connectivity index (χ0) is 13.7. The van der Waals surface area contributed by atoms with Gasteiger partial charge in [0.05, 0.1) is 6.10 Å². The van der Waals surface area contributed by atoms with Gasteiger partial charge in [0.1, 0.15) is 0 Å². The van der Waals surface area contributed by atoms with Crippen LogP contribution in [0.5, 0.6) is 0 Å². The SMILES string of the molecule is CC(C)(CNCC1CCCC(O)C1)c1ccccc1. The molecule has 0 radical (unpaired) electrons. The van der Waals surface area contributed by atoms with E-state index in [0.717, 1.165) is 25.9 Å². The molecule has 0 heterocycles. The molecule has 0 bridgehead atoms. The highest BCUT2D eigenvalue weighted by atomic mass is 16.3. The van der Waals surface area contributed by atoms with E-state index in [4.69, 9.17) is 0 Å². The number of nitrogens with one attached hydrogen (secondary N) is 1. The fourth-order valence-electron chi connectivity index (χ4n) is 3.03. The standard InChI is InChI=1S/C17H27NO/c1-17(2,15-8-4-3-5-9-15)13-18-12-14-7-6-10-16(19)11-14/h3-5,8-9,14,16,18-19H,6-7,10-13H2,1-2H3. The first kappa shape index (κ1) is 14.5. The van der Waals surface area contributed by atoms with Crippen molar-refractivity contribution >= 4 is 0 Å². The first-order valence-corrected chi connectivity index (χ1v) is 7.52. The average Bonchev–Trinajstić information content (AvgIpc) is 2.40. The topological polar surface area (TPSA) is 32.3 Å². The van der Waals surface area contributed by atoms with Gasteiger partial charge < -0.3 is 10.4 Å². The summed E-state index contributed by atoms with van der Waals surface area (Å²) in [4.78, 5) is 0. The average molecular weight is 261 g/mol. The smallest absolute Gasteiger partial charge is 0.0543 e. The van der Waals surface area contributed by atoms with E-state index in [-0.39, 0.29) is 11.5 Å². The van der Waals surface area contributed by atoms with E-state index < -0.39 is 0 Å². The van der Waals surface area contributed by atoms with E-state index in [0.29, 0.717) is 5.92 Å². The lowest BCUT2D eigenvalue weighted by Crippen LogP contribution is -2.37. The molecule has 1 aliphatic carbocycles. The molecule has 0 saturated heterocycles. The largest absolute Gasteiger partial charge is 0.393 e. The number of rotatable bonds is 5. The van der Waals surface area contributed by atoms with Gasteiger partial charge in [-0.1, -0.05) is 50.6 Å². The number of hydrogen-bond acceptors (Lipinski definition) is 2. The van der Waals surface area contributed by atoms with Crippen molar-refractivity contribution in [2.75, 3.05) is 13.1 Å². The molecule has 0 aliphatic heterocycles. The highest BCUT2D eigenvalue weighted by Crippen LogP contribution is 2.25. The highest BCUT2D eigenvalue weighted by Gasteiger charge is 2.22. The third kappa shape index (κ3) is 4.32. The molecule has 2 unspecified atom stereocenters. The molecule has 2 heteroatoms. The number of hydrogen-bond donors (Lipinski definition) is 2. The summed E-state index contributed by atoms with van der Waals surface area (Å²) in [6.07, 6.45) is 4.33. The summed E-state index contributed by atoms with van der Waals surface area (Å²) >= 11 is 0. The lowest BCUT2D eigenvalue weighted by atomic mass is 9.83. The van der Waals surface area contributed by atoms with E-state index in [9.17, 15) is 5.11 Å². The Morgan fingerprint density at radius 2 is 1.95 bits per heavy atom. The lowest BCUT2D eigenvalue weighted by Gasteiger charge is -2.29. The second-order valence-electron chi connectivity index (χ2n) is 6.57. The highest BCUT2D eigenvalue weighted by molar-refractivity contribution is 5.23. The summed E-state index contributed by atoms with van der Waals surface area (Å²) in [6.45, 7) is 6.59. The minimum atomic E-state index is -0.0670. The molecule has 2 nitrogen and oxygen atoms in total. The number of aliphatic hydroxyl groups is 1. The lowest BCUT2D eigenvalue weighted by molar-refractivity contribution is 0.100. The summed E-state index contributed by atoms with van der Waals surface area (Å²) in [5, 5.41) is 13.3. The molecule has 19 heavy (non-hydrogen) atoms. The van der Waals surface area contributed by atoms with Crippen molar-refractivity contribution in [3.05, 3.63) is 35.9 Å². The van der Waals surface area contributed by atoms with Gasteiger partial charge in [0.15, 0.2) is 0 Å². The minimum Gasteiger partial charge on any atom is -0.393 e. The third-order valence-electron chi connectivity index (χ3n) is 4.31. The first-order valence-electron chi connectivity index (χ1n) is 7.52. The Bertz CT molecular complexity index is 374. The fourth-order valence-corrected chi connectivity index (χ4v) is 3.03. The monoisotopic (exact) mass is 261 g/mol. The Balaban J connectivity index is 1.78. The molecular weight excluding hydrogens is 234 g/mol. The van der Waals surface area contributed by atoms with Crippen LogP contribution < -0.4 is 5.32 Å². The molecule has 1 fully saturated rings. The van der Waals surface area contributed by atoms with Crippen molar-refractivity contribution in [3.63, 3.8) is 0 Å². The number of aliphatic hydroxyl groups excluding tert-OH is 1. The maximum atomic E-state index is 9.69. The van der Waals surface area contributed by atoms with Gasteiger partial charge in [-0.3, -0.25) is 0 Å². The molecule has 0 aromatic heterocycles. The van der Waals surface area contributed by atoms with Crippen molar-refractivity contribution in [1.82, 2.24) is 5.32 Å². The maximum absolute atomic E-state index is 9.69. The van der Waals surface area contributed by atoms with Gasteiger partial charge in [-0.05, 0) is 37.3 Å². The van der Waals surface area contributed by atoms with Crippen LogP contribution in [-0.2, 0) is 5.41 Å². The van der Waals surface area contributed by atoms with Crippen molar-refractivity contribution < 1.29 is 5.11 Å². The van der Waals surface area contributed by atoms with Crippen LogP contribution in [0.2, 0.25) is 0 Å². The van der Waals surface area contributed by atoms with Crippen LogP contribution in [0.25, 0.3) is 0 Å². The Labute approximate surface area is 117 Å². The Kier molecular flexibility index (Phi) is 5.00. The Morgan fingerprint density at radius 1 is 1.21 bits per heavy atom. The Morgan fingerprint density at radius 3 is 2.63 bits per heavy atom. The summed E-state index contributed by atoms with van der Waals surface area (Å²) in [6, 6.07) is 10.7. The molecule has 1 saturated carbocycles. The van der Waals surface area contributed by atoms with Gasteiger partial charge in [0.25, 0.3) is 0 Å². The van der Waals surface area contributed by atoms with Crippen LogP contribution in [0.15, 0.2) is 30.3 Å². The van der Waals surface area contributed by atoms with Crippen molar-refractivity contribution in [3.8, 4) is 0 Å². The molecule has 2 atom stereocenters. The zero-order valence-corrected chi connectivity index (χ0v) is 12.2. The first-order chi connectivity index (χ1) is 9.08. The summed E-state index contributed by atoms with van der Waals surface area (Å²) < 4.78 is 0.